The molecule has 0 unspecified atom stereocenters. The number of nitrogens with zero attached hydrogens (tertiary/aromatic N) is 1. The van der Waals surface area contributed by atoms with Gasteiger partial charge in [0.25, 0.3) is 5.91 Å². The molecule has 146 valence electrons. The number of para-hydroxylation sites is 1. The number of anilines is 1. The summed E-state index contributed by atoms with van der Waals surface area (Å²) in [4.78, 5) is 28.8. The minimum atomic E-state index is -0.304. The summed E-state index contributed by atoms with van der Waals surface area (Å²) >= 11 is 0. The van der Waals surface area contributed by atoms with E-state index in [1.54, 1.807) is 43.6 Å². The number of pyridine rings is 1. The van der Waals surface area contributed by atoms with Gasteiger partial charge in [-0.15, -0.1) is 0 Å². The highest BCUT2D eigenvalue weighted by molar-refractivity contribution is 6.03. The van der Waals surface area contributed by atoms with Crippen LogP contribution in [0.15, 0.2) is 79.0 Å². The summed E-state index contributed by atoms with van der Waals surface area (Å²) in [6, 6.07) is 19.7. The minimum Gasteiger partial charge on any atom is -0.496 e. The molecule has 1 aromatic heterocycles. The van der Waals surface area contributed by atoms with Crippen molar-refractivity contribution in [1.29, 1.82) is 0 Å². The number of benzene rings is 2. The van der Waals surface area contributed by atoms with Gasteiger partial charge in [-0.25, -0.2) is 0 Å². The maximum atomic E-state index is 12.4. The van der Waals surface area contributed by atoms with E-state index in [9.17, 15) is 9.59 Å². The first-order valence-corrected chi connectivity index (χ1v) is 9.06. The third-order valence-electron chi connectivity index (χ3n) is 4.10. The van der Waals surface area contributed by atoms with Crippen molar-refractivity contribution in [2.75, 3.05) is 12.4 Å². The van der Waals surface area contributed by atoms with E-state index < -0.39 is 0 Å². The molecule has 2 aromatic carbocycles. The van der Waals surface area contributed by atoms with Gasteiger partial charge in [-0.2, -0.15) is 0 Å². The molecule has 2 amide bonds. The summed E-state index contributed by atoms with van der Waals surface area (Å²) in [5, 5.41) is 5.57. The molecule has 0 spiro atoms. The summed E-state index contributed by atoms with van der Waals surface area (Å²) in [5.41, 5.74) is 2.55. The second-order valence-corrected chi connectivity index (χ2v) is 6.15. The van der Waals surface area contributed by atoms with E-state index in [1.807, 2.05) is 42.5 Å². The molecule has 0 aliphatic rings. The normalized spacial score (nSPS) is 10.5. The van der Waals surface area contributed by atoms with Gasteiger partial charge in [0.2, 0.25) is 5.91 Å². The maximum Gasteiger partial charge on any atom is 0.251 e. The van der Waals surface area contributed by atoms with E-state index in [4.69, 9.17) is 4.74 Å². The summed E-state index contributed by atoms with van der Waals surface area (Å²) < 4.78 is 5.26. The van der Waals surface area contributed by atoms with Crippen molar-refractivity contribution in [2.45, 2.75) is 6.54 Å². The molecule has 0 radical (unpaired) electrons. The molecular formula is C23H21N3O3. The Bertz CT molecular complexity index is 1020. The van der Waals surface area contributed by atoms with E-state index >= 15 is 0 Å². The van der Waals surface area contributed by atoms with Crippen molar-refractivity contribution in [3.8, 4) is 5.75 Å². The number of hydrogen-bond acceptors (Lipinski definition) is 4. The molecular weight excluding hydrogens is 366 g/mol. The van der Waals surface area contributed by atoms with Crippen molar-refractivity contribution >= 4 is 23.6 Å². The molecule has 0 fully saturated rings. The zero-order valence-corrected chi connectivity index (χ0v) is 16.0. The lowest BCUT2D eigenvalue weighted by Crippen LogP contribution is -2.23. The Balaban J connectivity index is 1.61. The predicted octanol–water partition coefficient (Wildman–Crippen LogP) is 3.67. The standard InChI is InChI=1S/C23H21N3O3/c1-29-21-11-3-2-7-17(21)12-13-22(27)26-19-10-6-8-18(15-19)23(28)25-16-20-9-4-5-14-24-20/h2-15H,16H2,1H3,(H,25,28)(H,26,27)/b13-12+. The fourth-order valence-corrected chi connectivity index (χ4v) is 2.67. The number of rotatable bonds is 7. The van der Waals surface area contributed by atoms with E-state index in [0.29, 0.717) is 23.5 Å². The number of amides is 2. The molecule has 3 rings (SSSR count). The first-order valence-electron chi connectivity index (χ1n) is 9.06. The lowest BCUT2D eigenvalue weighted by molar-refractivity contribution is -0.111. The Kier molecular flexibility index (Phi) is 6.73. The Morgan fingerprint density at radius 3 is 2.66 bits per heavy atom. The lowest BCUT2D eigenvalue weighted by Gasteiger charge is -2.07. The second kappa shape index (κ2) is 9.85. The molecule has 0 aliphatic carbocycles. The van der Waals surface area contributed by atoms with Gasteiger partial charge < -0.3 is 15.4 Å². The van der Waals surface area contributed by atoms with Crippen LogP contribution in [-0.4, -0.2) is 23.9 Å². The monoisotopic (exact) mass is 387 g/mol. The molecule has 0 atom stereocenters. The molecule has 0 saturated heterocycles. The Morgan fingerprint density at radius 2 is 1.86 bits per heavy atom. The fourth-order valence-electron chi connectivity index (χ4n) is 2.67. The molecule has 6 heteroatoms. The number of hydrogen-bond donors (Lipinski definition) is 2. The van der Waals surface area contributed by atoms with Crippen LogP contribution in [0.1, 0.15) is 21.6 Å². The largest absolute Gasteiger partial charge is 0.496 e. The number of methoxy groups -OCH3 is 1. The minimum absolute atomic E-state index is 0.240. The summed E-state index contributed by atoms with van der Waals surface area (Å²) in [6.45, 7) is 0.331. The van der Waals surface area contributed by atoms with Gasteiger partial charge in [0.05, 0.1) is 19.3 Å². The topological polar surface area (TPSA) is 80.3 Å². The number of ether oxygens (including phenoxy) is 1. The van der Waals surface area contributed by atoms with Crippen molar-refractivity contribution in [2.24, 2.45) is 0 Å². The summed E-state index contributed by atoms with van der Waals surface area (Å²) in [6.07, 6.45) is 4.78. The quantitative estimate of drug-likeness (QED) is 0.606. The molecule has 29 heavy (non-hydrogen) atoms. The highest BCUT2D eigenvalue weighted by Gasteiger charge is 2.07. The average molecular weight is 387 g/mol. The van der Waals surface area contributed by atoms with Gasteiger partial charge in [0, 0.05) is 29.1 Å². The van der Waals surface area contributed by atoms with Crippen molar-refractivity contribution in [3.63, 3.8) is 0 Å². The zero-order valence-electron chi connectivity index (χ0n) is 16.0. The van der Waals surface area contributed by atoms with E-state index in [2.05, 4.69) is 15.6 Å². The van der Waals surface area contributed by atoms with Gasteiger partial charge in [-0.05, 0) is 42.5 Å². The molecule has 2 N–H and O–H groups in total. The number of nitrogens with one attached hydrogen (secondary N) is 2. The Morgan fingerprint density at radius 1 is 1.03 bits per heavy atom. The highest BCUT2D eigenvalue weighted by atomic mass is 16.5. The summed E-state index contributed by atoms with van der Waals surface area (Å²) in [7, 11) is 1.58. The molecule has 3 aromatic rings. The summed E-state index contributed by atoms with van der Waals surface area (Å²) in [5.74, 6) is 0.140. The second-order valence-electron chi connectivity index (χ2n) is 6.15. The fraction of sp³-hybridized carbons (Fsp3) is 0.0870. The molecule has 0 bridgehead atoms. The maximum absolute atomic E-state index is 12.4. The first kappa shape index (κ1) is 19.8. The third kappa shape index (κ3) is 5.77. The lowest BCUT2D eigenvalue weighted by atomic mass is 10.1. The molecule has 0 aliphatic heterocycles. The van der Waals surface area contributed by atoms with Crippen LogP contribution >= 0.6 is 0 Å². The molecule has 0 saturated carbocycles. The zero-order chi connectivity index (χ0) is 20.5. The van der Waals surface area contributed by atoms with Crippen LogP contribution in [-0.2, 0) is 11.3 Å². The third-order valence-corrected chi connectivity index (χ3v) is 4.10. The van der Waals surface area contributed by atoms with Crippen LogP contribution in [0, 0.1) is 0 Å². The van der Waals surface area contributed by atoms with Crippen LogP contribution in [0.2, 0.25) is 0 Å². The van der Waals surface area contributed by atoms with Gasteiger partial charge >= 0.3 is 0 Å². The number of aromatic nitrogens is 1. The van der Waals surface area contributed by atoms with Crippen LogP contribution in [0.3, 0.4) is 0 Å². The SMILES string of the molecule is COc1ccccc1/C=C/C(=O)Nc1cccc(C(=O)NCc2ccccn2)c1. The van der Waals surface area contributed by atoms with Crippen LogP contribution in [0.25, 0.3) is 6.08 Å². The van der Waals surface area contributed by atoms with Gasteiger partial charge in [0.1, 0.15) is 5.75 Å². The predicted molar refractivity (Wildman–Crippen MR) is 113 cm³/mol. The van der Waals surface area contributed by atoms with Crippen LogP contribution < -0.4 is 15.4 Å². The molecule has 1 heterocycles. The highest BCUT2D eigenvalue weighted by Crippen LogP contribution is 2.18. The van der Waals surface area contributed by atoms with Crippen LogP contribution in [0.4, 0.5) is 5.69 Å². The van der Waals surface area contributed by atoms with E-state index in [0.717, 1.165) is 11.3 Å². The van der Waals surface area contributed by atoms with Gasteiger partial charge in [0.15, 0.2) is 0 Å². The van der Waals surface area contributed by atoms with Crippen molar-refractivity contribution in [1.82, 2.24) is 10.3 Å². The van der Waals surface area contributed by atoms with Crippen molar-refractivity contribution in [3.05, 3.63) is 95.8 Å². The number of carbonyl (C=O) groups is 2. The Hall–Kier alpha value is -3.93. The van der Waals surface area contributed by atoms with Crippen LogP contribution in [0.5, 0.6) is 5.75 Å². The molecule has 6 nitrogen and oxygen atoms in total. The first-order chi connectivity index (χ1) is 14.2. The van der Waals surface area contributed by atoms with Crippen molar-refractivity contribution < 1.29 is 14.3 Å². The smallest absolute Gasteiger partial charge is 0.251 e. The van der Waals surface area contributed by atoms with Gasteiger partial charge in [-0.3, -0.25) is 14.6 Å². The van der Waals surface area contributed by atoms with Gasteiger partial charge in [-0.1, -0.05) is 30.3 Å². The number of carbonyl (C=O) groups excluding carboxylic acids is 2. The van der Waals surface area contributed by atoms with E-state index in [-0.39, 0.29) is 11.8 Å². The average Bonchev–Trinajstić information content (AvgIpc) is 2.77. The van der Waals surface area contributed by atoms with E-state index in [1.165, 1.54) is 6.08 Å². The Labute approximate surface area is 169 Å².